The van der Waals surface area contributed by atoms with Crippen LogP contribution in [0.3, 0.4) is 0 Å². The molecular formula is C18H27ClN2. The first kappa shape index (κ1) is 17.8. The smallest absolute Gasteiger partial charge is 0.244 e. The third kappa shape index (κ3) is 5.20. The summed E-state index contributed by atoms with van der Waals surface area (Å²) in [5.41, 5.74) is 2.82. The van der Waals surface area contributed by atoms with Crippen molar-refractivity contribution in [2.24, 2.45) is 0 Å². The van der Waals surface area contributed by atoms with Crippen LogP contribution in [0, 0.1) is 0 Å². The fourth-order valence-electron chi connectivity index (χ4n) is 2.40. The number of hydrogen-bond donors (Lipinski definition) is 0. The highest BCUT2D eigenvalue weighted by molar-refractivity contribution is 5.24. The second kappa shape index (κ2) is 8.89. The van der Waals surface area contributed by atoms with Crippen LogP contribution in [0.2, 0.25) is 0 Å². The van der Waals surface area contributed by atoms with Crippen LogP contribution in [0.5, 0.6) is 0 Å². The summed E-state index contributed by atoms with van der Waals surface area (Å²) in [6.45, 7) is 8.85. The molecular weight excluding hydrogens is 280 g/mol. The molecule has 0 fully saturated rings. The van der Waals surface area contributed by atoms with Crippen molar-refractivity contribution in [3.63, 3.8) is 0 Å². The molecule has 0 aliphatic rings. The van der Waals surface area contributed by atoms with Crippen molar-refractivity contribution in [2.45, 2.75) is 59.0 Å². The zero-order chi connectivity index (χ0) is 14.4. The number of aryl methyl sites for hydroxylation is 1. The van der Waals surface area contributed by atoms with Gasteiger partial charge in [-0.25, -0.2) is 9.13 Å². The summed E-state index contributed by atoms with van der Waals surface area (Å²) in [5, 5.41) is 0. The van der Waals surface area contributed by atoms with Crippen LogP contribution in [0.15, 0.2) is 43.0 Å². The highest BCUT2D eigenvalue weighted by atomic mass is 35.5. The van der Waals surface area contributed by atoms with Gasteiger partial charge in [0, 0.05) is 0 Å². The highest BCUT2D eigenvalue weighted by Gasteiger charge is 2.06. The molecule has 1 unspecified atom stereocenters. The molecule has 3 heteroatoms. The number of unbranched alkanes of at least 4 members (excludes halogenated alkanes) is 1. The van der Waals surface area contributed by atoms with E-state index in [4.69, 9.17) is 0 Å². The van der Waals surface area contributed by atoms with Crippen molar-refractivity contribution in [1.82, 2.24) is 4.57 Å². The van der Waals surface area contributed by atoms with Crippen LogP contribution in [-0.4, -0.2) is 4.57 Å². The minimum Gasteiger partial charge on any atom is -1.00 e. The summed E-state index contributed by atoms with van der Waals surface area (Å²) in [5.74, 6) is 0.659. The molecule has 2 rings (SSSR count). The highest BCUT2D eigenvalue weighted by Crippen LogP contribution is 2.18. The minimum atomic E-state index is 0. The zero-order valence-corrected chi connectivity index (χ0v) is 14.2. The summed E-state index contributed by atoms with van der Waals surface area (Å²) in [4.78, 5) is 0. The van der Waals surface area contributed by atoms with Crippen molar-refractivity contribution in [2.75, 3.05) is 0 Å². The zero-order valence-electron chi connectivity index (χ0n) is 13.4. The van der Waals surface area contributed by atoms with Crippen LogP contribution in [0.4, 0.5) is 0 Å². The molecule has 116 valence electrons. The molecule has 0 aliphatic heterocycles. The Morgan fingerprint density at radius 3 is 2.48 bits per heavy atom. The number of halogens is 1. The third-order valence-electron chi connectivity index (χ3n) is 4.04. The van der Waals surface area contributed by atoms with Crippen LogP contribution in [0.25, 0.3) is 0 Å². The first-order valence-electron chi connectivity index (χ1n) is 7.86. The van der Waals surface area contributed by atoms with Gasteiger partial charge >= 0.3 is 0 Å². The van der Waals surface area contributed by atoms with Gasteiger partial charge in [-0.2, -0.15) is 0 Å². The van der Waals surface area contributed by atoms with Gasteiger partial charge in [0.25, 0.3) is 0 Å². The first-order chi connectivity index (χ1) is 9.72. The Morgan fingerprint density at radius 1 is 1.14 bits per heavy atom. The molecule has 2 nitrogen and oxygen atoms in total. The topological polar surface area (TPSA) is 8.81 Å². The molecule has 0 radical (unpaired) electrons. The van der Waals surface area contributed by atoms with Gasteiger partial charge in [-0.3, -0.25) is 0 Å². The van der Waals surface area contributed by atoms with Crippen LogP contribution in [0.1, 0.15) is 57.1 Å². The van der Waals surface area contributed by atoms with E-state index in [0.29, 0.717) is 5.92 Å². The normalized spacial score (nSPS) is 12.0. The average molecular weight is 307 g/mol. The molecule has 0 bridgehead atoms. The summed E-state index contributed by atoms with van der Waals surface area (Å²) < 4.78 is 4.53. The fraction of sp³-hybridized carbons (Fsp3) is 0.500. The Morgan fingerprint density at radius 2 is 1.86 bits per heavy atom. The Kier molecular flexibility index (Phi) is 7.52. The molecule has 0 aliphatic carbocycles. The second-order valence-corrected chi connectivity index (χ2v) is 5.73. The van der Waals surface area contributed by atoms with Gasteiger partial charge in [-0.1, -0.05) is 51.5 Å². The van der Waals surface area contributed by atoms with E-state index in [0.717, 1.165) is 13.1 Å². The fourth-order valence-corrected chi connectivity index (χ4v) is 2.40. The van der Waals surface area contributed by atoms with Gasteiger partial charge in [-0.15, -0.1) is 0 Å². The van der Waals surface area contributed by atoms with E-state index >= 15 is 0 Å². The lowest BCUT2D eigenvalue weighted by atomic mass is 9.98. The van der Waals surface area contributed by atoms with E-state index in [9.17, 15) is 0 Å². The van der Waals surface area contributed by atoms with Crippen LogP contribution in [-0.2, 0) is 13.1 Å². The molecule has 1 heterocycles. The molecule has 0 N–H and O–H groups in total. The summed E-state index contributed by atoms with van der Waals surface area (Å²) in [6.07, 6.45) is 10.2. The Bertz CT molecular complexity index is 516. The Labute approximate surface area is 135 Å². The van der Waals surface area contributed by atoms with Gasteiger partial charge < -0.3 is 12.4 Å². The van der Waals surface area contributed by atoms with E-state index in [2.05, 4.69) is 72.9 Å². The molecule has 2 aromatic rings. The monoisotopic (exact) mass is 306 g/mol. The van der Waals surface area contributed by atoms with Crippen LogP contribution < -0.4 is 17.0 Å². The SMILES string of the molecule is CCCCn1cc[n+](Cc2ccc(C(C)CC)cc2)c1.[Cl-]. The van der Waals surface area contributed by atoms with Gasteiger partial charge in [-0.05, 0) is 29.9 Å². The molecule has 1 aromatic carbocycles. The van der Waals surface area contributed by atoms with Gasteiger partial charge in [0.1, 0.15) is 18.9 Å². The predicted octanol–water partition coefficient (Wildman–Crippen LogP) is 1.14. The lowest BCUT2D eigenvalue weighted by Gasteiger charge is -2.09. The lowest BCUT2D eigenvalue weighted by molar-refractivity contribution is -0.687. The van der Waals surface area contributed by atoms with Crippen molar-refractivity contribution < 1.29 is 17.0 Å². The molecule has 0 saturated heterocycles. The van der Waals surface area contributed by atoms with Gasteiger partial charge in [0.2, 0.25) is 6.33 Å². The van der Waals surface area contributed by atoms with Gasteiger partial charge in [0.15, 0.2) is 0 Å². The maximum atomic E-state index is 2.29. The molecule has 0 spiro atoms. The van der Waals surface area contributed by atoms with Crippen molar-refractivity contribution in [3.8, 4) is 0 Å². The van der Waals surface area contributed by atoms with E-state index < -0.39 is 0 Å². The number of rotatable bonds is 7. The molecule has 0 amide bonds. The van der Waals surface area contributed by atoms with E-state index in [1.165, 1.54) is 30.4 Å². The summed E-state index contributed by atoms with van der Waals surface area (Å²) in [7, 11) is 0. The molecule has 0 saturated carbocycles. The Hall–Kier alpha value is -1.28. The summed E-state index contributed by atoms with van der Waals surface area (Å²) in [6, 6.07) is 9.08. The van der Waals surface area contributed by atoms with Crippen LogP contribution >= 0.6 is 0 Å². The number of hydrogen-bond acceptors (Lipinski definition) is 0. The Balaban J connectivity index is 0.00000220. The quantitative estimate of drug-likeness (QED) is 0.679. The number of nitrogens with zero attached hydrogens (tertiary/aromatic N) is 2. The minimum absolute atomic E-state index is 0. The number of aromatic nitrogens is 2. The molecule has 1 aromatic heterocycles. The summed E-state index contributed by atoms with van der Waals surface area (Å²) >= 11 is 0. The predicted molar refractivity (Wildman–Crippen MR) is 83.8 cm³/mol. The van der Waals surface area contributed by atoms with E-state index in [1.54, 1.807) is 0 Å². The van der Waals surface area contributed by atoms with E-state index in [-0.39, 0.29) is 12.4 Å². The maximum absolute atomic E-state index is 2.29. The maximum Gasteiger partial charge on any atom is 0.244 e. The molecule has 1 atom stereocenters. The standard InChI is InChI=1S/C18H27N2.ClH/c1-4-6-11-19-12-13-20(15-19)14-17-7-9-18(10-8-17)16(3)5-2;/h7-10,12-13,15-16H,4-6,11,14H2,1-3H3;1H/q+1;/p-1. The largest absolute Gasteiger partial charge is 1.00 e. The second-order valence-electron chi connectivity index (χ2n) is 5.73. The van der Waals surface area contributed by atoms with Crippen molar-refractivity contribution >= 4 is 0 Å². The third-order valence-corrected chi connectivity index (χ3v) is 4.04. The lowest BCUT2D eigenvalue weighted by Crippen LogP contribution is -3.00. The number of benzene rings is 1. The average Bonchev–Trinajstić information content (AvgIpc) is 2.92. The van der Waals surface area contributed by atoms with Crippen molar-refractivity contribution in [1.29, 1.82) is 0 Å². The number of imidazole rings is 1. The van der Waals surface area contributed by atoms with Gasteiger partial charge in [0.05, 0.1) is 6.54 Å². The first-order valence-corrected chi connectivity index (χ1v) is 7.86. The van der Waals surface area contributed by atoms with Crippen molar-refractivity contribution in [3.05, 3.63) is 54.1 Å². The van der Waals surface area contributed by atoms with E-state index in [1.807, 2.05) is 0 Å². The molecule has 21 heavy (non-hydrogen) atoms.